The SMILES string of the molecule is CC1(C)CC2CC(C)(CN2C[C@H]2C[C@@H](c3ccc(CO)cc3)O[C@@H](c3cccc(-c4cccc(CN)c4)c3)O2)C1. The number of rotatable bonds is 7. The smallest absolute Gasteiger partial charge is 0.184 e. The first-order valence-electron chi connectivity index (χ1n) is 14.9. The largest absolute Gasteiger partial charge is 0.392 e. The summed E-state index contributed by atoms with van der Waals surface area (Å²) < 4.78 is 13.5. The zero-order chi connectivity index (χ0) is 27.9. The molecule has 3 aromatic carbocycles. The summed E-state index contributed by atoms with van der Waals surface area (Å²) in [5.74, 6) is 0. The van der Waals surface area contributed by atoms with E-state index in [2.05, 4.69) is 86.3 Å². The van der Waals surface area contributed by atoms with Crippen molar-refractivity contribution in [3.63, 3.8) is 0 Å². The molecule has 5 atom stereocenters. The van der Waals surface area contributed by atoms with Gasteiger partial charge < -0.3 is 20.3 Å². The third-order valence-corrected chi connectivity index (χ3v) is 9.23. The monoisotopic (exact) mass is 540 g/mol. The lowest BCUT2D eigenvalue weighted by atomic mass is 9.65. The van der Waals surface area contributed by atoms with Crippen molar-refractivity contribution in [2.45, 2.75) is 84.1 Å². The molecule has 2 bridgehead atoms. The minimum absolute atomic E-state index is 0.0454. The summed E-state index contributed by atoms with van der Waals surface area (Å²) in [6.07, 6.45) is 4.20. The lowest BCUT2D eigenvalue weighted by Crippen LogP contribution is -2.42. The molecular weight excluding hydrogens is 496 g/mol. The number of aliphatic hydroxyl groups is 1. The molecule has 0 radical (unpaired) electrons. The minimum Gasteiger partial charge on any atom is -0.392 e. The molecule has 3 fully saturated rings. The molecule has 1 saturated carbocycles. The second-order valence-electron chi connectivity index (χ2n) is 13.5. The summed E-state index contributed by atoms with van der Waals surface area (Å²) in [7, 11) is 0. The van der Waals surface area contributed by atoms with E-state index in [9.17, 15) is 5.11 Å². The Labute approximate surface area is 239 Å². The highest BCUT2D eigenvalue weighted by atomic mass is 16.7. The summed E-state index contributed by atoms with van der Waals surface area (Å²) >= 11 is 0. The second-order valence-corrected chi connectivity index (χ2v) is 13.5. The Balaban J connectivity index is 1.27. The molecule has 40 heavy (non-hydrogen) atoms. The van der Waals surface area contributed by atoms with E-state index in [-0.39, 0.29) is 18.8 Å². The number of fused-ring (bicyclic) bond motifs is 2. The predicted molar refractivity (Wildman–Crippen MR) is 159 cm³/mol. The third-order valence-electron chi connectivity index (χ3n) is 9.23. The topological polar surface area (TPSA) is 68.0 Å². The van der Waals surface area contributed by atoms with E-state index in [1.807, 2.05) is 12.1 Å². The van der Waals surface area contributed by atoms with Gasteiger partial charge in [-0.1, -0.05) is 81.4 Å². The molecule has 0 aromatic heterocycles. The molecular formula is C35H44N2O3. The van der Waals surface area contributed by atoms with Crippen molar-refractivity contribution in [2.75, 3.05) is 13.1 Å². The number of hydrogen-bond acceptors (Lipinski definition) is 5. The van der Waals surface area contributed by atoms with Crippen LogP contribution < -0.4 is 5.73 Å². The first-order valence-corrected chi connectivity index (χ1v) is 14.9. The fraction of sp³-hybridized carbons (Fsp3) is 0.486. The Morgan fingerprint density at radius 3 is 2.38 bits per heavy atom. The molecule has 5 nitrogen and oxygen atoms in total. The van der Waals surface area contributed by atoms with Gasteiger partial charge >= 0.3 is 0 Å². The van der Waals surface area contributed by atoms with Gasteiger partial charge in [-0.05, 0) is 70.0 Å². The highest BCUT2D eigenvalue weighted by Gasteiger charge is 2.50. The number of likely N-dealkylation sites (tertiary alicyclic amines) is 1. The standard InChI is InChI=1S/C35H44N2O3/c1-34(2)17-30-18-35(3,22-34)23-37(30)20-31-16-32(26-12-10-24(21-38)11-13-26)40-33(39-31)29-9-5-8-28(15-29)27-7-4-6-25(14-27)19-36/h4-15,30-33,38H,16-23,36H2,1-3H3/t30?,31-,32+,33+,35?/m1/s1. The Morgan fingerprint density at radius 1 is 0.875 bits per heavy atom. The molecule has 2 heterocycles. The van der Waals surface area contributed by atoms with E-state index in [4.69, 9.17) is 15.2 Å². The van der Waals surface area contributed by atoms with E-state index < -0.39 is 6.29 Å². The van der Waals surface area contributed by atoms with Gasteiger partial charge in [-0.25, -0.2) is 0 Å². The van der Waals surface area contributed by atoms with Gasteiger partial charge in [-0.3, -0.25) is 4.90 Å². The maximum absolute atomic E-state index is 9.55. The zero-order valence-corrected chi connectivity index (χ0v) is 24.2. The second kappa shape index (κ2) is 11.0. The van der Waals surface area contributed by atoms with Crippen molar-refractivity contribution in [3.8, 4) is 11.1 Å². The van der Waals surface area contributed by atoms with Crippen LogP contribution in [0.2, 0.25) is 0 Å². The van der Waals surface area contributed by atoms with Crippen LogP contribution in [-0.2, 0) is 22.6 Å². The average molecular weight is 541 g/mol. The molecule has 3 aliphatic rings. The quantitative estimate of drug-likeness (QED) is 0.347. The lowest BCUT2D eigenvalue weighted by Gasteiger charge is -2.41. The summed E-state index contributed by atoms with van der Waals surface area (Å²) in [4.78, 5) is 2.71. The van der Waals surface area contributed by atoms with Crippen LogP contribution in [0.4, 0.5) is 0 Å². The Morgan fingerprint density at radius 2 is 1.62 bits per heavy atom. The number of ether oxygens (including phenoxy) is 2. The van der Waals surface area contributed by atoms with Gasteiger partial charge in [0.15, 0.2) is 6.29 Å². The van der Waals surface area contributed by atoms with Crippen LogP contribution in [0.15, 0.2) is 72.8 Å². The third kappa shape index (κ3) is 5.90. The van der Waals surface area contributed by atoms with E-state index >= 15 is 0 Å². The summed E-state index contributed by atoms with van der Waals surface area (Å²) in [6, 6.07) is 25.7. The van der Waals surface area contributed by atoms with Crippen molar-refractivity contribution >= 4 is 0 Å². The van der Waals surface area contributed by atoms with Crippen molar-refractivity contribution in [1.29, 1.82) is 0 Å². The number of hydrogen-bond donors (Lipinski definition) is 2. The molecule has 2 aliphatic heterocycles. The molecule has 2 saturated heterocycles. The van der Waals surface area contributed by atoms with Crippen LogP contribution in [-0.4, -0.2) is 35.2 Å². The molecule has 212 valence electrons. The van der Waals surface area contributed by atoms with Gasteiger partial charge in [-0.15, -0.1) is 0 Å². The fourth-order valence-electron chi connectivity index (χ4n) is 7.83. The van der Waals surface area contributed by atoms with Gasteiger partial charge in [0, 0.05) is 37.7 Å². The molecule has 2 unspecified atom stereocenters. The van der Waals surface area contributed by atoms with Crippen LogP contribution in [0, 0.1) is 10.8 Å². The van der Waals surface area contributed by atoms with E-state index in [1.54, 1.807) is 0 Å². The molecule has 3 aromatic rings. The lowest BCUT2D eigenvalue weighted by molar-refractivity contribution is -0.253. The van der Waals surface area contributed by atoms with E-state index in [1.165, 1.54) is 19.3 Å². The first-order chi connectivity index (χ1) is 19.2. The molecule has 1 aliphatic carbocycles. The van der Waals surface area contributed by atoms with Gasteiger partial charge in [0.1, 0.15) is 0 Å². The van der Waals surface area contributed by atoms with Crippen molar-refractivity contribution in [2.24, 2.45) is 16.6 Å². The normalized spacial score (nSPS) is 29.9. The summed E-state index contributed by atoms with van der Waals surface area (Å²) in [6.45, 7) is 9.99. The van der Waals surface area contributed by atoms with Gasteiger partial charge in [0.2, 0.25) is 0 Å². The van der Waals surface area contributed by atoms with E-state index in [0.29, 0.717) is 23.4 Å². The Kier molecular flexibility index (Phi) is 7.62. The van der Waals surface area contributed by atoms with Crippen LogP contribution in [0.25, 0.3) is 11.1 Å². The minimum atomic E-state index is -0.451. The van der Waals surface area contributed by atoms with Crippen LogP contribution in [0.3, 0.4) is 0 Å². The fourth-order valence-corrected chi connectivity index (χ4v) is 7.83. The Hall–Kier alpha value is -2.54. The molecule has 3 N–H and O–H groups in total. The van der Waals surface area contributed by atoms with Gasteiger partial charge in [-0.2, -0.15) is 0 Å². The van der Waals surface area contributed by atoms with Gasteiger partial charge in [0.25, 0.3) is 0 Å². The number of benzene rings is 3. The highest BCUT2D eigenvalue weighted by Crippen LogP contribution is 2.53. The summed E-state index contributed by atoms with van der Waals surface area (Å²) in [5, 5.41) is 9.55. The van der Waals surface area contributed by atoms with E-state index in [0.717, 1.165) is 52.9 Å². The average Bonchev–Trinajstić information content (AvgIpc) is 3.20. The Bertz CT molecular complexity index is 1320. The summed E-state index contributed by atoms with van der Waals surface area (Å²) in [5.41, 5.74) is 13.2. The molecule has 0 spiro atoms. The molecule has 5 heteroatoms. The van der Waals surface area contributed by atoms with Crippen LogP contribution in [0.1, 0.15) is 81.1 Å². The van der Waals surface area contributed by atoms with Crippen LogP contribution in [0.5, 0.6) is 0 Å². The maximum Gasteiger partial charge on any atom is 0.184 e. The van der Waals surface area contributed by atoms with Crippen molar-refractivity contribution < 1.29 is 14.6 Å². The number of nitrogens with two attached hydrogens (primary N) is 1. The van der Waals surface area contributed by atoms with Crippen LogP contribution >= 0.6 is 0 Å². The molecule has 6 rings (SSSR count). The predicted octanol–water partition coefficient (Wildman–Crippen LogP) is 6.75. The zero-order valence-electron chi connectivity index (χ0n) is 24.2. The van der Waals surface area contributed by atoms with Gasteiger partial charge in [0.05, 0.1) is 18.8 Å². The first kappa shape index (κ1) is 27.6. The molecule has 0 amide bonds. The van der Waals surface area contributed by atoms with Crippen molar-refractivity contribution in [3.05, 3.63) is 95.1 Å². The maximum atomic E-state index is 9.55. The van der Waals surface area contributed by atoms with Crippen molar-refractivity contribution in [1.82, 2.24) is 4.90 Å². The number of aliphatic hydroxyl groups excluding tert-OH is 1. The number of nitrogens with zero attached hydrogens (tertiary/aromatic N) is 1. The highest BCUT2D eigenvalue weighted by molar-refractivity contribution is 5.65.